The van der Waals surface area contributed by atoms with Crippen LogP contribution in [0.2, 0.25) is 0 Å². The molecule has 0 aliphatic carbocycles. The molecule has 7 nitrogen and oxygen atoms in total. The molecule has 0 spiro atoms. The lowest BCUT2D eigenvalue weighted by atomic mass is 10.1. The van der Waals surface area contributed by atoms with Gasteiger partial charge in [-0.15, -0.1) is 0 Å². The van der Waals surface area contributed by atoms with E-state index in [1.54, 1.807) is 0 Å². The van der Waals surface area contributed by atoms with E-state index in [0.717, 1.165) is 6.54 Å². The average molecular weight is 294 g/mol. The maximum atomic E-state index is 12.1. The Morgan fingerprint density at radius 3 is 2.62 bits per heavy atom. The molecule has 2 N–H and O–H groups in total. The number of hydrogen-bond donors (Lipinski definition) is 2. The summed E-state index contributed by atoms with van der Waals surface area (Å²) < 4.78 is 0. The van der Waals surface area contributed by atoms with Crippen LogP contribution in [0.3, 0.4) is 0 Å². The number of amides is 1. The van der Waals surface area contributed by atoms with Crippen molar-refractivity contribution in [3.05, 3.63) is 33.9 Å². The van der Waals surface area contributed by atoms with Crippen LogP contribution in [-0.2, 0) is 0 Å². The third kappa shape index (κ3) is 5.03. The largest absolute Gasteiger partial charge is 0.380 e. The van der Waals surface area contributed by atoms with Gasteiger partial charge in [0.15, 0.2) is 0 Å². The molecule has 0 bridgehead atoms. The van der Waals surface area contributed by atoms with Crippen LogP contribution < -0.4 is 10.6 Å². The van der Waals surface area contributed by atoms with Gasteiger partial charge in [0.05, 0.1) is 4.92 Å². The molecule has 0 radical (unpaired) electrons. The van der Waals surface area contributed by atoms with Gasteiger partial charge in [0, 0.05) is 30.8 Å². The summed E-state index contributed by atoms with van der Waals surface area (Å²) in [7, 11) is 3.86. The summed E-state index contributed by atoms with van der Waals surface area (Å²) in [5.74, 6) is -0.238. The summed E-state index contributed by atoms with van der Waals surface area (Å²) in [6, 6.07) is 4.32. The molecule has 1 unspecified atom stereocenters. The summed E-state index contributed by atoms with van der Waals surface area (Å²) in [6.45, 7) is 5.02. The van der Waals surface area contributed by atoms with E-state index in [1.165, 1.54) is 18.2 Å². The average Bonchev–Trinajstić information content (AvgIpc) is 2.37. The fraction of sp³-hybridized carbons (Fsp3) is 0.500. The van der Waals surface area contributed by atoms with Gasteiger partial charge in [0.25, 0.3) is 11.6 Å². The lowest BCUT2D eigenvalue weighted by molar-refractivity contribution is -0.384. The molecule has 0 aromatic heterocycles. The van der Waals surface area contributed by atoms with Gasteiger partial charge in [0.1, 0.15) is 5.69 Å². The number of benzene rings is 1. The number of nitro benzene ring substituents is 1. The zero-order valence-electron chi connectivity index (χ0n) is 12.8. The molecule has 1 aromatic carbocycles. The van der Waals surface area contributed by atoms with Gasteiger partial charge < -0.3 is 15.5 Å². The van der Waals surface area contributed by atoms with Crippen molar-refractivity contribution < 1.29 is 9.72 Å². The highest BCUT2D eigenvalue weighted by Crippen LogP contribution is 2.25. The lowest BCUT2D eigenvalue weighted by Crippen LogP contribution is -2.39. The predicted molar refractivity (Wildman–Crippen MR) is 82.7 cm³/mol. The fourth-order valence-corrected chi connectivity index (χ4v) is 2.07. The van der Waals surface area contributed by atoms with Crippen molar-refractivity contribution in [1.82, 2.24) is 10.2 Å². The normalized spacial score (nSPS) is 12.0. The van der Waals surface area contributed by atoms with E-state index in [9.17, 15) is 14.9 Å². The molecule has 0 saturated carbocycles. The van der Waals surface area contributed by atoms with E-state index in [0.29, 0.717) is 17.8 Å². The second kappa shape index (κ2) is 7.58. The van der Waals surface area contributed by atoms with Gasteiger partial charge in [0.2, 0.25) is 0 Å². The number of nitrogens with zero attached hydrogens (tertiary/aromatic N) is 2. The Kier molecular flexibility index (Phi) is 6.10. The Hall–Kier alpha value is -2.15. The second-order valence-electron chi connectivity index (χ2n) is 5.16. The molecule has 0 heterocycles. The number of hydrogen-bond acceptors (Lipinski definition) is 5. The minimum atomic E-state index is -0.464. The van der Waals surface area contributed by atoms with Crippen molar-refractivity contribution in [1.29, 1.82) is 0 Å². The second-order valence-corrected chi connectivity index (χ2v) is 5.16. The Balaban J connectivity index is 2.90. The van der Waals surface area contributed by atoms with Crippen LogP contribution in [0, 0.1) is 10.1 Å². The fourth-order valence-electron chi connectivity index (χ4n) is 2.07. The summed E-state index contributed by atoms with van der Waals surface area (Å²) in [6.07, 6.45) is 0. The number of nitro groups is 1. The van der Waals surface area contributed by atoms with Crippen molar-refractivity contribution >= 4 is 17.3 Å². The Morgan fingerprint density at radius 1 is 1.43 bits per heavy atom. The van der Waals surface area contributed by atoms with Crippen molar-refractivity contribution in [3.63, 3.8) is 0 Å². The van der Waals surface area contributed by atoms with E-state index in [1.807, 2.05) is 32.8 Å². The van der Waals surface area contributed by atoms with Gasteiger partial charge in [-0.25, -0.2) is 0 Å². The van der Waals surface area contributed by atoms with E-state index >= 15 is 0 Å². The minimum Gasteiger partial charge on any atom is -0.380 e. The van der Waals surface area contributed by atoms with Gasteiger partial charge in [-0.05, 0) is 40.1 Å². The number of nitrogens with one attached hydrogen (secondary N) is 2. The first-order valence-corrected chi connectivity index (χ1v) is 6.83. The number of carbonyl (C=O) groups is 1. The van der Waals surface area contributed by atoms with Crippen molar-refractivity contribution in [2.45, 2.75) is 19.9 Å². The summed E-state index contributed by atoms with van der Waals surface area (Å²) >= 11 is 0. The Labute approximate surface area is 124 Å². The van der Waals surface area contributed by atoms with E-state index in [2.05, 4.69) is 10.6 Å². The molecule has 0 fully saturated rings. The molecule has 0 aliphatic rings. The van der Waals surface area contributed by atoms with Gasteiger partial charge >= 0.3 is 0 Å². The smallest absolute Gasteiger partial charge is 0.292 e. The molecular formula is C14H22N4O3. The maximum Gasteiger partial charge on any atom is 0.292 e. The first-order chi connectivity index (χ1) is 9.85. The van der Waals surface area contributed by atoms with E-state index in [-0.39, 0.29) is 17.6 Å². The molecule has 1 rings (SSSR count). The maximum absolute atomic E-state index is 12.1. The van der Waals surface area contributed by atoms with Gasteiger partial charge in [-0.2, -0.15) is 0 Å². The van der Waals surface area contributed by atoms with Crippen molar-refractivity contribution in [3.8, 4) is 0 Å². The van der Waals surface area contributed by atoms with Gasteiger partial charge in [-0.1, -0.05) is 0 Å². The van der Waals surface area contributed by atoms with Crippen molar-refractivity contribution in [2.24, 2.45) is 0 Å². The number of likely N-dealkylation sites (N-methyl/N-ethyl adjacent to an activating group) is 1. The zero-order chi connectivity index (χ0) is 16.0. The van der Waals surface area contributed by atoms with Crippen LogP contribution in [0.25, 0.3) is 0 Å². The van der Waals surface area contributed by atoms with Crippen LogP contribution in [0.5, 0.6) is 0 Å². The summed E-state index contributed by atoms with van der Waals surface area (Å²) in [5.41, 5.74) is 0.729. The highest BCUT2D eigenvalue weighted by Gasteiger charge is 2.17. The van der Waals surface area contributed by atoms with Gasteiger partial charge in [-0.3, -0.25) is 14.9 Å². The molecule has 0 aliphatic heterocycles. The van der Waals surface area contributed by atoms with Crippen LogP contribution in [0.4, 0.5) is 11.4 Å². The standard InChI is InChI=1S/C14H22N4O3/c1-5-15-12-8-11(6-7-13(12)18(20)21)14(19)16-10(2)9-17(3)4/h6-8,10,15H,5,9H2,1-4H3,(H,16,19). The predicted octanol–water partition coefficient (Wildman–Crippen LogP) is 1.71. The molecule has 1 aromatic rings. The van der Waals surface area contributed by atoms with Crippen LogP contribution in [-0.4, -0.2) is 49.0 Å². The van der Waals surface area contributed by atoms with Crippen LogP contribution >= 0.6 is 0 Å². The summed E-state index contributed by atoms with van der Waals surface area (Å²) in [5, 5.41) is 16.7. The highest BCUT2D eigenvalue weighted by molar-refractivity contribution is 5.96. The molecule has 7 heteroatoms. The molecule has 116 valence electrons. The molecule has 1 amide bonds. The summed E-state index contributed by atoms with van der Waals surface area (Å²) in [4.78, 5) is 24.6. The third-order valence-corrected chi connectivity index (χ3v) is 2.84. The molecule has 1 atom stereocenters. The topological polar surface area (TPSA) is 87.5 Å². The van der Waals surface area contributed by atoms with Crippen LogP contribution in [0.15, 0.2) is 18.2 Å². The third-order valence-electron chi connectivity index (χ3n) is 2.84. The first kappa shape index (κ1) is 16.9. The van der Waals surface area contributed by atoms with E-state index < -0.39 is 4.92 Å². The number of rotatable bonds is 7. The molecule has 0 saturated heterocycles. The Morgan fingerprint density at radius 2 is 2.10 bits per heavy atom. The minimum absolute atomic E-state index is 0.00900. The highest BCUT2D eigenvalue weighted by atomic mass is 16.6. The van der Waals surface area contributed by atoms with E-state index in [4.69, 9.17) is 0 Å². The molecule has 21 heavy (non-hydrogen) atoms. The quantitative estimate of drug-likeness (QED) is 0.590. The number of carbonyl (C=O) groups excluding carboxylic acids is 1. The first-order valence-electron chi connectivity index (χ1n) is 6.83. The zero-order valence-corrected chi connectivity index (χ0v) is 12.8. The Bertz CT molecular complexity index is 517. The SMILES string of the molecule is CCNc1cc(C(=O)NC(C)CN(C)C)ccc1[N+](=O)[O-]. The van der Waals surface area contributed by atoms with Crippen molar-refractivity contribution in [2.75, 3.05) is 32.5 Å². The number of anilines is 1. The lowest BCUT2D eigenvalue weighted by Gasteiger charge is -2.18. The van der Waals surface area contributed by atoms with Crippen LogP contribution in [0.1, 0.15) is 24.2 Å². The monoisotopic (exact) mass is 294 g/mol. The molecular weight excluding hydrogens is 272 g/mol.